The van der Waals surface area contributed by atoms with Crippen molar-refractivity contribution in [2.24, 2.45) is 5.92 Å². The zero-order valence-electron chi connectivity index (χ0n) is 12.4. The van der Waals surface area contributed by atoms with Gasteiger partial charge in [-0.15, -0.1) is 0 Å². The largest absolute Gasteiger partial charge is 0.480 e. The van der Waals surface area contributed by atoms with Gasteiger partial charge in [-0.1, -0.05) is 13.3 Å². The number of urea groups is 1. The number of nitrogens with one attached hydrogen (secondary N) is 1. The van der Waals surface area contributed by atoms with Crippen LogP contribution in [0.4, 0.5) is 4.79 Å². The molecule has 19 heavy (non-hydrogen) atoms. The Morgan fingerprint density at radius 1 is 1.37 bits per heavy atom. The van der Waals surface area contributed by atoms with Gasteiger partial charge in [0.2, 0.25) is 0 Å². The molecule has 0 aromatic rings. The van der Waals surface area contributed by atoms with Crippen molar-refractivity contribution in [3.8, 4) is 0 Å². The van der Waals surface area contributed by atoms with Gasteiger partial charge < -0.3 is 15.3 Å². The zero-order chi connectivity index (χ0) is 14.6. The van der Waals surface area contributed by atoms with E-state index in [2.05, 4.69) is 12.2 Å². The fourth-order valence-electron chi connectivity index (χ4n) is 2.50. The highest BCUT2D eigenvalue weighted by Gasteiger charge is 2.43. The summed E-state index contributed by atoms with van der Waals surface area (Å²) in [5.74, 6) is -0.320. The minimum atomic E-state index is -1.08. The molecule has 0 unspecified atom stereocenters. The Balaban J connectivity index is 2.74. The Bertz CT molecular complexity index is 334. The second kappa shape index (κ2) is 6.26. The van der Waals surface area contributed by atoms with Crippen LogP contribution in [0.3, 0.4) is 0 Å². The van der Waals surface area contributed by atoms with E-state index >= 15 is 0 Å². The molecule has 0 aliphatic heterocycles. The summed E-state index contributed by atoms with van der Waals surface area (Å²) in [7, 11) is 1.69. The number of hydrogen-bond acceptors (Lipinski definition) is 2. The van der Waals surface area contributed by atoms with Crippen molar-refractivity contribution in [2.75, 3.05) is 7.05 Å². The lowest BCUT2D eigenvalue weighted by Crippen LogP contribution is -2.59. The molecule has 5 nitrogen and oxygen atoms in total. The fourth-order valence-corrected chi connectivity index (χ4v) is 2.50. The minimum Gasteiger partial charge on any atom is -0.480 e. The van der Waals surface area contributed by atoms with Crippen molar-refractivity contribution in [2.45, 2.75) is 64.5 Å². The first-order valence-electron chi connectivity index (χ1n) is 7.10. The van der Waals surface area contributed by atoms with Crippen molar-refractivity contribution in [1.29, 1.82) is 0 Å². The second-order valence-electron chi connectivity index (χ2n) is 5.87. The molecule has 0 bridgehead atoms. The van der Waals surface area contributed by atoms with Gasteiger partial charge in [0.1, 0.15) is 5.54 Å². The summed E-state index contributed by atoms with van der Waals surface area (Å²) in [5.41, 5.74) is -1.08. The van der Waals surface area contributed by atoms with Crippen molar-refractivity contribution in [1.82, 2.24) is 10.2 Å². The first-order valence-corrected chi connectivity index (χ1v) is 7.10. The Morgan fingerprint density at radius 3 is 2.26 bits per heavy atom. The lowest BCUT2D eigenvalue weighted by molar-refractivity contribution is -0.146. The number of carbonyl (C=O) groups is 2. The third-order valence-corrected chi connectivity index (χ3v) is 4.39. The van der Waals surface area contributed by atoms with E-state index in [1.165, 1.54) is 4.90 Å². The van der Waals surface area contributed by atoms with Gasteiger partial charge in [0.15, 0.2) is 0 Å². The van der Waals surface area contributed by atoms with Gasteiger partial charge in [0, 0.05) is 13.1 Å². The minimum absolute atomic E-state index is 0.0535. The molecule has 0 spiro atoms. The van der Waals surface area contributed by atoms with Crippen LogP contribution in [-0.2, 0) is 4.79 Å². The van der Waals surface area contributed by atoms with Gasteiger partial charge in [0.05, 0.1) is 0 Å². The van der Waals surface area contributed by atoms with Crippen LogP contribution in [0, 0.1) is 5.92 Å². The molecule has 1 rings (SSSR count). The molecule has 2 N–H and O–H groups in total. The lowest BCUT2D eigenvalue weighted by atomic mass is 9.75. The van der Waals surface area contributed by atoms with E-state index in [-0.39, 0.29) is 12.1 Å². The van der Waals surface area contributed by atoms with Crippen LogP contribution in [0.1, 0.15) is 52.9 Å². The van der Waals surface area contributed by atoms with E-state index in [1.54, 1.807) is 7.05 Å². The molecule has 1 saturated carbocycles. The van der Waals surface area contributed by atoms with E-state index < -0.39 is 11.5 Å². The number of aliphatic carboxylic acids is 1. The predicted molar refractivity (Wildman–Crippen MR) is 74.0 cm³/mol. The molecule has 1 fully saturated rings. The predicted octanol–water partition coefficient (Wildman–Crippen LogP) is 2.46. The van der Waals surface area contributed by atoms with Gasteiger partial charge in [-0.2, -0.15) is 0 Å². The summed E-state index contributed by atoms with van der Waals surface area (Å²) in [6, 6.07) is -0.245. The highest BCUT2D eigenvalue weighted by Crippen LogP contribution is 2.34. The maximum absolute atomic E-state index is 12.1. The number of carbonyl (C=O) groups excluding carboxylic acids is 1. The SMILES string of the molecule is CCC1CCC(NC(=O)N(C)C(C)C)(C(=O)O)CC1. The molecule has 5 heteroatoms. The third kappa shape index (κ3) is 3.61. The van der Waals surface area contributed by atoms with Gasteiger partial charge in [-0.3, -0.25) is 0 Å². The number of carboxylic acid groups (broad SMARTS) is 1. The zero-order valence-corrected chi connectivity index (χ0v) is 12.4. The number of nitrogens with zero attached hydrogens (tertiary/aromatic N) is 1. The molecule has 0 heterocycles. The lowest BCUT2D eigenvalue weighted by Gasteiger charge is -2.38. The van der Waals surface area contributed by atoms with Crippen molar-refractivity contribution >= 4 is 12.0 Å². The van der Waals surface area contributed by atoms with Crippen LogP contribution in [-0.4, -0.2) is 40.6 Å². The van der Waals surface area contributed by atoms with Crippen LogP contribution < -0.4 is 5.32 Å². The summed E-state index contributed by atoms with van der Waals surface area (Å²) in [5, 5.41) is 12.2. The molecular formula is C14H26N2O3. The fraction of sp³-hybridized carbons (Fsp3) is 0.857. The van der Waals surface area contributed by atoms with E-state index in [9.17, 15) is 14.7 Å². The summed E-state index contributed by atoms with van der Waals surface area (Å²) in [6.07, 6.45) is 3.87. The van der Waals surface area contributed by atoms with Crippen molar-refractivity contribution < 1.29 is 14.7 Å². The molecule has 1 aliphatic rings. The molecule has 2 amide bonds. The summed E-state index contributed by atoms with van der Waals surface area (Å²) < 4.78 is 0. The topological polar surface area (TPSA) is 69.6 Å². The monoisotopic (exact) mass is 270 g/mol. The second-order valence-corrected chi connectivity index (χ2v) is 5.87. The van der Waals surface area contributed by atoms with Crippen LogP contribution in [0.5, 0.6) is 0 Å². The smallest absolute Gasteiger partial charge is 0.329 e. The Labute approximate surface area is 115 Å². The highest BCUT2D eigenvalue weighted by atomic mass is 16.4. The Hall–Kier alpha value is -1.26. The number of carboxylic acids is 1. The summed E-state index contributed by atoms with van der Waals surface area (Å²) >= 11 is 0. The first-order chi connectivity index (χ1) is 8.82. The number of amides is 2. The molecule has 0 saturated heterocycles. The average molecular weight is 270 g/mol. The van der Waals surface area contributed by atoms with Crippen LogP contribution in [0.15, 0.2) is 0 Å². The molecule has 0 radical (unpaired) electrons. The first kappa shape index (κ1) is 15.8. The summed E-state index contributed by atoms with van der Waals surface area (Å²) in [6.45, 7) is 5.94. The molecule has 110 valence electrons. The molecule has 0 aromatic heterocycles. The Kier molecular flexibility index (Phi) is 5.20. The van der Waals surface area contributed by atoms with Crippen LogP contribution in [0.25, 0.3) is 0 Å². The van der Waals surface area contributed by atoms with E-state index in [4.69, 9.17) is 0 Å². The van der Waals surface area contributed by atoms with Gasteiger partial charge >= 0.3 is 12.0 Å². The van der Waals surface area contributed by atoms with E-state index in [0.29, 0.717) is 18.8 Å². The summed E-state index contributed by atoms with van der Waals surface area (Å²) in [4.78, 5) is 25.2. The van der Waals surface area contributed by atoms with Crippen molar-refractivity contribution in [3.05, 3.63) is 0 Å². The van der Waals surface area contributed by atoms with E-state index in [0.717, 1.165) is 19.3 Å². The molecular weight excluding hydrogens is 244 g/mol. The van der Waals surface area contributed by atoms with Gasteiger partial charge in [-0.25, -0.2) is 9.59 Å². The van der Waals surface area contributed by atoms with Gasteiger partial charge in [0.25, 0.3) is 0 Å². The molecule has 1 aliphatic carbocycles. The van der Waals surface area contributed by atoms with Crippen LogP contribution >= 0.6 is 0 Å². The maximum Gasteiger partial charge on any atom is 0.329 e. The third-order valence-electron chi connectivity index (χ3n) is 4.39. The maximum atomic E-state index is 12.1. The van der Waals surface area contributed by atoms with Gasteiger partial charge in [-0.05, 0) is 45.4 Å². The average Bonchev–Trinajstić information content (AvgIpc) is 2.38. The Morgan fingerprint density at radius 2 is 1.89 bits per heavy atom. The highest BCUT2D eigenvalue weighted by molar-refractivity contribution is 5.86. The standard InChI is InChI=1S/C14H26N2O3/c1-5-11-6-8-14(9-7-11,12(17)18)15-13(19)16(4)10(2)3/h10-11H,5-9H2,1-4H3,(H,15,19)(H,17,18). The van der Waals surface area contributed by atoms with Crippen LogP contribution in [0.2, 0.25) is 0 Å². The number of hydrogen-bond donors (Lipinski definition) is 2. The normalized spacial score (nSPS) is 27.1. The number of rotatable bonds is 4. The van der Waals surface area contributed by atoms with Crippen molar-refractivity contribution in [3.63, 3.8) is 0 Å². The van der Waals surface area contributed by atoms with E-state index in [1.807, 2.05) is 13.8 Å². The molecule has 0 aromatic carbocycles. The molecule has 0 atom stereocenters. The quantitative estimate of drug-likeness (QED) is 0.824.